The van der Waals surface area contributed by atoms with Crippen LogP contribution in [0.3, 0.4) is 0 Å². The molecule has 0 fully saturated rings. The molecule has 1 atom stereocenters. The lowest BCUT2D eigenvalue weighted by atomic mass is 10.0. The van der Waals surface area contributed by atoms with E-state index in [1.54, 1.807) is 30.0 Å². The number of amides is 3. The predicted molar refractivity (Wildman–Crippen MR) is 174 cm³/mol. The number of ether oxygens (including phenoxy) is 1. The van der Waals surface area contributed by atoms with Crippen LogP contribution in [0.5, 0.6) is 0 Å². The predicted octanol–water partition coefficient (Wildman–Crippen LogP) is 6.86. The molecule has 2 N–H and O–H groups in total. The minimum absolute atomic E-state index is 0.0369. The second-order valence-corrected chi connectivity index (χ2v) is 12.6. The van der Waals surface area contributed by atoms with Gasteiger partial charge < -0.3 is 20.3 Å². The Bertz CT molecular complexity index is 1680. The molecule has 10 heteroatoms. The van der Waals surface area contributed by atoms with Gasteiger partial charge in [0, 0.05) is 34.5 Å². The summed E-state index contributed by atoms with van der Waals surface area (Å²) in [5.74, 6) is -1.05. The lowest BCUT2D eigenvalue weighted by Gasteiger charge is -2.25. The van der Waals surface area contributed by atoms with Crippen molar-refractivity contribution in [1.29, 1.82) is 0 Å². The molecule has 1 aliphatic rings. The van der Waals surface area contributed by atoms with Crippen molar-refractivity contribution in [3.8, 4) is 0 Å². The van der Waals surface area contributed by atoms with Gasteiger partial charge in [-0.25, -0.2) is 4.79 Å². The summed E-state index contributed by atoms with van der Waals surface area (Å²) in [7, 11) is 0. The van der Waals surface area contributed by atoms with Crippen LogP contribution in [0.15, 0.2) is 83.8 Å². The van der Waals surface area contributed by atoms with E-state index in [1.165, 1.54) is 30.0 Å². The van der Waals surface area contributed by atoms with E-state index in [9.17, 15) is 19.2 Å². The highest BCUT2D eigenvalue weighted by atomic mass is 32.2. The first-order chi connectivity index (χ1) is 21.2. The number of thioether (sulfide) groups is 1. The Kier molecular flexibility index (Phi) is 9.82. The maximum Gasteiger partial charge on any atom is 0.341 e. The van der Waals surface area contributed by atoms with E-state index in [-0.39, 0.29) is 24.3 Å². The van der Waals surface area contributed by atoms with Gasteiger partial charge in [-0.15, -0.1) is 23.1 Å². The third-order valence-electron chi connectivity index (χ3n) is 7.22. The average molecular weight is 628 g/mol. The summed E-state index contributed by atoms with van der Waals surface area (Å²) in [4.78, 5) is 55.3. The summed E-state index contributed by atoms with van der Waals surface area (Å²) in [5, 5.41) is 5.72. The Hall–Kier alpha value is -4.41. The number of hydrogen-bond donors (Lipinski definition) is 2. The van der Waals surface area contributed by atoms with Gasteiger partial charge in [-0.1, -0.05) is 54.1 Å². The topological polar surface area (TPSA) is 105 Å². The van der Waals surface area contributed by atoms with E-state index in [1.807, 2.05) is 67.6 Å². The van der Waals surface area contributed by atoms with Gasteiger partial charge in [-0.05, 0) is 61.7 Å². The third kappa shape index (κ3) is 7.20. The molecule has 226 valence electrons. The molecule has 3 amide bonds. The van der Waals surface area contributed by atoms with Gasteiger partial charge in [0.1, 0.15) is 10.3 Å². The molecule has 0 saturated heterocycles. The molecule has 0 saturated carbocycles. The first-order valence-electron chi connectivity index (χ1n) is 14.3. The number of aryl methyl sites for hydroxylation is 1. The number of rotatable bonds is 9. The monoisotopic (exact) mass is 627 g/mol. The number of carbonyl (C=O) groups is 4. The quantitative estimate of drug-likeness (QED) is 0.155. The molecule has 4 aromatic rings. The smallest absolute Gasteiger partial charge is 0.341 e. The number of nitrogens with zero attached hydrogens (tertiary/aromatic N) is 1. The fourth-order valence-electron chi connectivity index (χ4n) is 4.95. The second-order valence-electron chi connectivity index (χ2n) is 10.4. The van der Waals surface area contributed by atoms with Gasteiger partial charge >= 0.3 is 5.97 Å². The number of thiophene rings is 1. The molecule has 0 spiro atoms. The van der Waals surface area contributed by atoms with Crippen molar-refractivity contribution in [3.63, 3.8) is 0 Å². The fourth-order valence-corrected chi connectivity index (χ4v) is 7.29. The second kappa shape index (κ2) is 13.9. The largest absolute Gasteiger partial charge is 0.462 e. The van der Waals surface area contributed by atoms with Crippen molar-refractivity contribution in [2.45, 2.75) is 43.9 Å². The highest BCUT2D eigenvalue weighted by Gasteiger charge is 2.32. The summed E-state index contributed by atoms with van der Waals surface area (Å²) < 4.78 is 5.37. The molecule has 5 rings (SSSR count). The summed E-state index contributed by atoms with van der Waals surface area (Å²) in [6, 6.07) is 24.1. The minimum atomic E-state index is -0.665. The van der Waals surface area contributed by atoms with Crippen molar-refractivity contribution in [2.24, 2.45) is 0 Å². The zero-order chi connectivity index (χ0) is 31.2. The Morgan fingerprint density at radius 2 is 1.73 bits per heavy atom. The fraction of sp³-hybridized carbons (Fsp3) is 0.235. The number of nitrogens with one attached hydrogen (secondary N) is 2. The summed E-state index contributed by atoms with van der Waals surface area (Å²) in [6.45, 7) is 6.32. The van der Waals surface area contributed by atoms with Gasteiger partial charge in [0.25, 0.3) is 5.91 Å². The molecule has 1 aromatic heterocycles. The van der Waals surface area contributed by atoms with Crippen molar-refractivity contribution < 1.29 is 23.9 Å². The molecule has 0 aliphatic carbocycles. The number of hydrogen-bond acceptors (Lipinski definition) is 7. The number of anilines is 2. The number of benzene rings is 3. The van der Waals surface area contributed by atoms with E-state index in [4.69, 9.17) is 4.74 Å². The van der Waals surface area contributed by atoms with Crippen molar-refractivity contribution in [3.05, 3.63) is 112 Å². The molecule has 1 aliphatic heterocycles. The Labute approximate surface area is 264 Å². The molecule has 0 bridgehead atoms. The van der Waals surface area contributed by atoms with Gasteiger partial charge in [0.05, 0.1) is 18.7 Å². The van der Waals surface area contributed by atoms with Gasteiger partial charge in [0.2, 0.25) is 11.8 Å². The van der Waals surface area contributed by atoms with E-state index in [0.717, 1.165) is 26.5 Å². The SMILES string of the molecule is CCOC(=O)c1c(NC(=O)C(Sc2cccc(NC(=O)c3ccc(C)cc3)c2)c2ccccc2)sc2c1CCN(C(C)=O)C2. The number of carbonyl (C=O) groups excluding carboxylic acids is 4. The molecule has 2 heterocycles. The summed E-state index contributed by atoms with van der Waals surface area (Å²) >= 11 is 2.65. The summed E-state index contributed by atoms with van der Waals surface area (Å²) in [6.07, 6.45) is 0.507. The zero-order valence-corrected chi connectivity index (χ0v) is 26.3. The van der Waals surface area contributed by atoms with Crippen LogP contribution >= 0.6 is 23.1 Å². The van der Waals surface area contributed by atoms with E-state index in [0.29, 0.717) is 41.3 Å². The van der Waals surface area contributed by atoms with Crippen LogP contribution in [0.1, 0.15) is 61.4 Å². The molecule has 0 radical (unpaired) electrons. The lowest BCUT2D eigenvalue weighted by molar-refractivity contribution is -0.129. The van der Waals surface area contributed by atoms with E-state index >= 15 is 0 Å². The molecular weight excluding hydrogens is 595 g/mol. The van der Waals surface area contributed by atoms with Crippen LogP contribution in [-0.4, -0.2) is 41.7 Å². The first kappa shape index (κ1) is 31.0. The maximum atomic E-state index is 14.0. The Morgan fingerprint density at radius 1 is 0.977 bits per heavy atom. The van der Waals surface area contributed by atoms with Gasteiger partial charge in [-0.2, -0.15) is 0 Å². The molecule has 3 aromatic carbocycles. The summed E-state index contributed by atoms with van der Waals surface area (Å²) in [5.41, 5.74) is 4.20. The molecule has 1 unspecified atom stereocenters. The van der Waals surface area contributed by atoms with E-state index < -0.39 is 11.2 Å². The van der Waals surface area contributed by atoms with Crippen LogP contribution in [0, 0.1) is 6.92 Å². The normalized spacial score (nSPS) is 13.0. The highest BCUT2D eigenvalue weighted by molar-refractivity contribution is 8.00. The third-order valence-corrected chi connectivity index (χ3v) is 9.60. The number of esters is 1. The molecule has 44 heavy (non-hydrogen) atoms. The maximum absolute atomic E-state index is 14.0. The van der Waals surface area contributed by atoms with Crippen molar-refractivity contribution >= 4 is 57.5 Å². The van der Waals surface area contributed by atoms with Crippen molar-refractivity contribution in [1.82, 2.24) is 4.90 Å². The van der Waals surface area contributed by atoms with Crippen molar-refractivity contribution in [2.75, 3.05) is 23.8 Å². The lowest BCUT2D eigenvalue weighted by Crippen LogP contribution is -2.34. The van der Waals surface area contributed by atoms with Crippen LogP contribution < -0.4 is 10.6 Å². The van der Waals surface area contributed by atoms with Gasteiger partial charge in [-0.3, -0.25) is 14.4 Å². The van der Waals surface area contributed by atoms with Crippen LogP contribution in [0.2, 0.25) is 0 Å². The van der Waals surface area contributed by atoms with Crippen LogP contribution in [-0.2, 0) is 27.3 Å². The van der Waals surface area contributed by atoms with Crippen LogP contribution in [0.4, 0.5) is 10.7 Å². The minimum Gasteiger partial charge on any atom is -0.462 e. The Balaban J connectivity index is 1.41. The average Bonchev–Trinajstić information content (AvgIpc) is 3.38. The highest BCUT2D eigenvalue weighted by Crippen LogP contribution is 2.41. The first-order valence-corrected chi connectivity index (χ1v) is 16.0. The molecule has 8 nitrogen and oxygen atoms in total. The van der Waals surface area contributed by atoms with E-state index in [2.05, 4.69) is 10.6 Å². The molecular formula is C34H33N3O5S2. The van der Waals surface area contributed by atoms with Gasteiger partial charge in [0.15, 0.2) is 0 Å². The zero-order valence-electron chi connectivity index (χ0n) is 24.7. The Morgan fingerprint density at radius 3 is 2.43 bits per heavy atom. The standard InChI is InChI=1S/C34H33N3O5S2/c1-4-42-34(41)29-27-17-18-37(22(3)38)20-28(27)44-33(29)36-32(40)30(23-9-6-5-7-10-23)43-26-12-8-11-25(19-26)35-31(39)24-15-13-21(2)14-16-24/h5-16,19,30H,4,17-18,20H2,1-3H3,(H,35,39)(H,36,40). The number of fused-ring (bicyclic) bond motifs is 1. The van der Waals surface area contributed by atoms with Crippen LogP contribution in [0.25, 0.3) is 0 Å².